The number of nitrogens with zero attached hydrogens (tertiary/aromatic N) is 4. The van der Waals surface area contributed by atoms with Crippen LogP contribution in [0.25, 0.3) is 11.4 Å². The molecule has 31 heavy (non-hydrogen) atoms. The van der Waals surface area contributed by atoms with Gasteiger partial charge >= 0.3 is 0 Å². The van der Waals surface area contributed by atoms with Crippen molar-refractivity contribution < 1.29 is 9.53 Å². The first kappa shape index (κ1) is 21.5. The number of fused-ring (bicyclic) bond motifs is 1. The summed E-state index contributed by atoms with van der Waals surface area (Å²) < 4.78 is 7.15. The number of ether oxygens (including phenoxy) is 1. The smallest absolute Gasteiger partial charge is 0.238 e. The Morgan fingerprint density at radius 2 is 1.94 bits per heavy atom. The molecule has 0 spiro atoms. The second-order valence-corrected chi connectivity index (χ2v) is 8.57. The van der Waals surface area contributed by atoms with Crippen molar-refractivity contribution in [1.82, 2.24) is 19.8 Å². The Labute approximate surface area is 190 Å². The molecule has 0 unspecified atom stereocenters. The molecule has 1 N–H and O–H groups in total. The molecule has 0 fully saturated rings. The minimum Gasteiger partial charge on any atom is -0.495 e. The third kappa shape index (κ3) is 4.09. The zero-order chi connectivity index (χ0) is 22.0. The van der Waals surface area contributed by atoms with Crippen molar-refractivity contribution in [3.05, 3.63) is 59.1 Å². The Morgan fingerprint density at radius 3 is 2.58 bits per heavy atom. The monoisotopic (exact) mass is 457 g/mol. The van der Waals surface area contributed by atoms with Crippen LogP contribution >= 0.6 is 23.4 Å². The molecule has 0 radical (unpaired) electrons. The number of nitrogens with one attached hydrogen (secondary N) is 1. The second kappa shape index (κ2) is 9.20. The van der Waals surface area contributed by atoms with Gasteiger partial charge in [0, 0.05) is 18.7 Å². The number of hydrogen-bond donors (Lipinski definition) is 1. The van der Waals surface area contributed by atoms with Crippen LogP contribution in [0.5, 0.6) is 5.75 Å². The van der Waals surface area contributed by atoms with Crippen LogP contribution < -0.4 is 10.2 Å². The fourth-order valence-electron chi connectivity index (χ4n) is 3.66. The quantitative estimate of drug-likeness (QED) is 0.597. The maximum atomic E-state index is 13.4. The summed E-state index contributed by atoms with van der Waals surface area (Å²) in [4.78, 5) is 15.2. The number of methoxy groups -OCH3 is 1. The first-order valence-corrected chi connectivity index (χ1v) is 11.4. The van der Waals surface area contributed by atoms with Crippen molar-refractivity contribution in [2.24, 2.45) is 0 Å². The van der Waals surface area contributed by atoms with E-state index in [-0.39, 0.29) is 11.9 Å². The van der Waals surface area contributed by atoms with Crippen LogP contribution in [0.3, 0.4) is 0 Å². The molecule has 2 atom stereocenters. The molecule has 0 aliphatic carbocycles. The summed E-state index contributed by atoms with van der Waals surface area (Å²) in [5.41, 5.74) is 5.31. The number of benzene rings is 2. The molecule has 2 aromatic carbocycles. The van der Waals surface area contributed by atoms with E-state index in [4.69, 9.17) is 16.3 Å². The summed E-state index contributed by atoms with van der Waals surface area (Å²) in [6.07, 6.45) is 0. The number of carbonyl (C=O) groups is 1. The average Bonchev–Trinajstić information content (AvgIpc) is 3.22. The number of carbonyl (C=O) groups excluding carboxylic acids is 1. The van der Waals surface area contributed by atoms with Gasteiger partial charge in [-0.3, -0.25) is 4.79 Å². The van der Waals surface area contributed by atoms with Gasteiger partial charge in [0.25, 0.3) is 0 Å². The largest absolute Gasteiger partial charge is 0.495 e. The van der Waals surface area contributed by atoms with Crippen LogP contribution in [0.1, 0.15) is 25.5 Å². The molecular formula is C22H24ClN5O2S. The minimum absolute atomic E-state index is 0.0509. The van der Waals surface area contributed by atoms with Crippen molar-refractivity contribution >= 4 is 29.3 Å². The van der Waals surface area contributed by atoms with Gasteiger partial charge in [-0.05, 0) is 31.5 Å². The second-order valence-electron chi connectivity index (χ2n) is 7.06. The van der Waals surface area contributed by atoms with Gasteiger partial charge in [-0.1, -0.05) is 59.8 Å². The van der Waals surface area contributed by atoms with Crippen LogP contribution in [0.15, 0.2) is 53.7 Å². The number of halogens is 1. The summed E-state index contributed by atoms with van der Waals surface area (Å²) >= 11 is 7.83. The molecule has 162 valence electrons. The first-order chi connectivity index (χ1) is 15.1. The molecule has 1 aliphatic heterocycles. The van der Waals surface area contributed by atoms with Gasteiger partial charge in [-0.25, -0.2) is 4.68 Å². The van der Waals surface area contributed by atoms with Crippen LogP contribution in [-0.2, 0) is 4.79 Å². The molecule has 0 saturated heterocycles. The third-order valence-electron chi connectivity index (χ3n) is 5.32. The Bertz CT molecular complexity index is 1070. The first-order valence-electron chi connectivity index (χ1n) is 10.1. The van der Waals surface area contributed by atoms with Crippen LogP contribution in [0.4, 0.5) is 0 Å². The van der Waals surface area contributed by atoms with Crippen molar-refractivity contribution in [1.29, 1.82) is 0 Å². The van der Waals surface area contributed by atoms with Gasteiger partial charge in [0.1, 0.15) is 11.0 Å². The maximum Gasteiger partial charge on any atom is 0.238 e. The SMILES string of the molecule is CCN(CC)C(=O)[C@H]1Sc2nnc(-c3ccccc3)n2N[C@H]1c1ccc(OC)c(Cl)c1. The van der Waals surface area contributed by atoms with E-state index in [1.807, 2.05) is 72.0 Å². The van der Waals surface area contributed by atoms with E-state index in [2.05, 4.69) is 15.6 Å². The number of thioether (sulfide) groups is 1. The number of rotatable bonds is 6. The highest BCUT2D eigenvalue weighted by molar-refractivity contribution is 8.00. The lowest BCUT2D eigenvalue weighted by Gasteiger charge is -2.35. The summed E-state index contributed by atoms with van der Waals surface area (Å²) in [7, 11) is 1.58. The molecular weight excluding hydrogens is 434 g/mol. The van der Waals surface area contributed by atoms with Gasteiger partial charge in [-0.15, -0.1) is 10.2 Å². The maximum absolute atomic E-state index is 13.4. The van der Waals surface area contributed by atoms with E-state index < -0.39 is 5.25 Å². The zero-order valence-electron chi connectivity index (χ0n) is 17.6. The lowest BCUT2D eigenvalue weighted by molar-refractivity contribution is -0.130. The van der Waals surface area contributed by atoms with Gasteiger partial charge < -0.3 is 15.1 Å². The number of aromatic nitrogens is 3. The van der Waals surface area contributed by atoms with E-state index in [0.29, 0.717) is 34.8 Å². The fraction of sp³-hybridized carbons (Fsp3) is 0.318. The fourth-order valence-corrected chi connectivity index (χ4v) is 5.09. The van der Waals surface area contributed by atoms with Crippen LogP contribution in [-0.4, -0.2) is 51.1 Å². The molecule has 0 saturated carbocycles. The van der Waals surface area contributed by atoms with E-state index in [9.17, 15) is 4.79 Å². The number of hydrogen-bond acceptors (Lipinski definition) is 6. The standard InChI is InChI=1S/C22H24ClN5O2S/c1-4-27(5-2)21(29)19-18(15-11-12-17(30-3)16(23)13-15)26-28-20(24-25-22(28)31-19)14-9-7-6-8-10-14/h6-13,18-19,26H,4-5H2,1-3H3/t18-,19-/m0/s1. The van der Waals surface area contributed by atoms with Crippen molar-refractivity contribution in [2.45, 2.75) is 30.3 Å². The average molecular weight is 458 g/mol. The summed E-state index contributed by atoms with van der Waals surface area (Å²) in [5.74, 6) is 1.34. The molecule has 2 heterocycles. The Hall–Kier alpha value is -2.71. The Morgan fingerprint density at radius 1 is 1.19 bits per heavy atom. The van der Waals surface area contributed by atoms with E-state index >= 15 is 0 Å². The van der Waals surface area contributed by atoms with Gasteiger partial charge in [0.05, 0.1) is 18.2 Å². The lowest BCUT2D eigenvalue weighted by atomic mass is 10.0. The topological polar surface area (TPSA) is 72.3 Å². The Balaban J connectivity index is 1.77. The van der Waals surface area contributed by atoms with Gasteiger partial charge in [-0.2, -0.15) is 0 Å². The molecule has 1 amide bonds. The predicted octanol–water partition coefficient (Wildman–Crippen LogP) is 4.23. The normalized spacial score (nSPS) is 17.5. The molecule has 1 aliphatic rings. The predicted molar refractivity (Wildman–Crippen MR) is 123 cm³/mol. The molecule has 3 aromatic rings. The highest BCUT2D eigenvalue weighted by Gasteiger charge is 2.39. The van der Waals surface area contributed by atoms with E-state index in [0.717, 1.165) is 11.1 Å². The highest BCUT2D eigenvalue weighted by Crippen LogP contribution is 2.40. The lowest BCUT2D eigenvalue weighted by Crippen LogP contribution is -2.46. The molecule has 4 rings (SSSR count). The summed E-state index contributed by atoms with van der Waals surface area (Å²) in [6.45, 7) is 5.25. The van der Waals surface area contributed by atoms with Crippen molar-refractivity contribution in [3.63, 3.8) is 0 Å². The molecule has 9 heteroatoms. The van der Waals surface area contributed by atoms with Crippen LogP contribution in [0, 0.1) is 0 Å². The minimum atomic E-state index is -0.412. The summed E-state index contributed by atoms with van der Waals surface area (Å²) in [6, 6.07) is 15.1. The Kier molecular flexibility index (Phi) is 6.38. The van der Waals surface area contributed by atoms with Crippen LogP contribution in [0.2, 0.25) is 5.02 Å². The zero-order valence-corrected chi connectivity index (χ0v) is 19.2. The van der Waals surface area contributed by atoms with Gasteiger partial charge in [0.2, 0.25) is 11.1 Å². The van der Waals surface area contributed by atoms with Gasteiger partial charge in [0.15, 0.2) is 5.82 Å². The summed E-state index contributed by atoms with van der Waals surface area (Å²) in [5, 5.41) is 9.46. The van der Waals surface area contributed by atoms with Crippen molar-refractivity contribution in [3.8, 4) is 17.1 Å². The number of amides is 1. The van der Waals surface area contributed by atoms with Crippen molar-refractivity contribution in [2.75, 3.05) is 25.6 Å². The molecule has 1 aromatic heterocycles. The third-order valence-corrected chi connectivity index (χ3v) is 6.82. The molecule has 0 bridgehead atoms. The highest BCUT2D eigenvalue weighted by atomic mass is 35.5. The van der Waals surface area contributed by atoms with E-state index in [1.54, 1.807) is 7.11 Å². The molecule has 7 nitrogen and oxygen atoms in total. The van der Waals surface area contributed by atoms with E-state index in [1.165, 1.54) is 11.8 Å².